The Labute approximate surface area is 148 Å². The molecule has 2 aromatic carbocycles. The van der Waals surface area contributed by atoms with Crippen molar-refractivity contribution in [3.63, 3.8) is 0 Å². The van der Waals surface area contributed by atoms with Gasteiger partial charge in [-0.25, -0.2) is 4.79 Å². The summed E-state index contributed by atoms with van der Waals surface area (Å²) >= 11 is 3.53. The van der Waals surface area contributed by atoms with Crippen LogP contribution in [-0.2, 0) is 19.4 Å². The summed E-state index contributed by atoms with van der Waals surface area (Å²) in [5.74, 6) is 0.749. The highest BCUT2D eigenvalue weighted by Crippen LogP contribution is 2.33. The van der Waals surface area contributed by atoms with Gasteiger partial charge in [-0.3, -0.25) is 0 Å². The van der Waals surface area contributed by atoms with Crippen LogP contribution in [0.3, 0.4) is 0 Å². The Morgan fingerprint density at radius 1 is 1.12 bits per heavy atom. The second-order valence-corrected chi connectivity index (χ2v) is 7.00. The molecule has 0 unspecified atom stereocenters. The summed E-state index contributed by atoms with van der Waals surface area (Å²) in [4.78, 5) is 12.2. The monoisotopic (exact) mass is 384 g/mol. The van der Waals surface area contributed by atoms with Crippen LogP contribution in [-0.4, -0.2) is 0 Å². The molecule has 1 aromatic heterocycles. The number of rotatable bonds is 3. The molecule has 0 bridgehead atoms. The van der Waals surface area contributed by atoms with Crippen molar-refractivity contribution in [1.29, 1.82) is 0 Å². The molecular weight excluding hydrogens is 368 g/mol. The first-order valence-corrected chi connectivity index (χ1v) is 8.89. The summed E-state index contributed by atoms with van der Waals surface area (Å²) in [5, 5.41) is 1.05. The summed E-state index contributed by atoms with van der Waals surface area (Å²) in [5.41, 5.74) is 4.43. The van der Waals surface area contributed by atoms with E-state index in [2.05, 4.69) is 15.9 Å². The lowest BCUT2D eigenvalue weighted by Gasteiger charge is -2.13. The predicted molar refractivity (Wildman–Crippen MR) is 97.7 cm³/mol. The summed E-state index contributed by atoms with van der Waals surface area (Å²) < 4.78 is 12.6. The standard InChI is InChI=1S/C20H17BrO3/c1-12-18(23-11-13-5-2-3-8-17(13)21)10-9-15-14-6-4-7-16(14)20(22)24-19(12)15/h2-3,5,8-10H,4,6-7,11H2,1H3. The van der Waals surface area contributed by atoms with Gasteiger partial charge in [-0.1, -0.05) is 34.1 Å². The molecule has 0 saturated heterocycles. The van der Waals surface area contributed by atoms with E-state index in [1.165, 1.54) is 0 Å². The number of hydrogen-bond donors (Lipinski definition) is 0. The highest BCUT2D eigenvalue weighted by atomic mass is 79.9. The van der Waals surface area contributed by atoms with Crippen molar-refractivity contribution < 1.29 is 9.15 Å². The molecule has 1 aliphatic carbocycles. The third-order valence-electron chi connectivity index (χ3n) is 4.68. The van der Waals surface area contributed by atoms with Crippen LogP contribution < -0.4 is 10.4 Å². The molecule has 3 aromatic rings. The van der Waals surface area contributed by atoms with Gasteiger partial charge in [0.15, 0.2) is 0 Å². The maximum atomic E-state index is 12.2. The van der Waals surface area contributed by atoms with E-state index in [1.807, 2.05) is 43.3 Å². The van der Waals surface area contributed by atoms with E-state index < -0.39 is 0 Å². The summed E-state index contributed by atoms with van der Waals surface area (Å²) in [6, 6.07) is 12.0. The normalized spacial score (nSPS) is 13.2. The Morgan fingerprint density at radius 2 is 1.92 bits per heavy atom. The van der Waals surface area contributed by atoms with E-state index in [0.29, 0.717) is 12.2 Å². The molecule has 3 nitrogen and oxygen atoms in total. The van der Waals surface area contributed by atoms with Crippen LogP contribution in [0.2, 0.25) is 0 Å². The fourth-order valence-corrected chi connectivity index (χ4v) is 3.79. The Morgan fingerprint density at radius 3 is 2.75 bits per heavy atom. The van der Waals surface area contributed by atoms with Gasteiger partial charge >= 0.3 is 5.63 Å². The number of hydrogen-bond acceptors (Lipinski definition) is 3. The molecule has 0 radical (unpaired) electrons. The summed E-state index contributed by atoms with van der Waals surface area (Å²) in [6.07, 6.45) is 2.81. The zero-order chi connectivity index (χ0) is 16.7. The first kappa shape index (κ1) is 15.5. The number of benzene rings is 2. The molecule has 0 aliphatic heterocycles. The molecule has 0 amide bonds. The smallest absolute Gasteiger partial charge is 0.339 e. The lowest BCUT2D eigenvalue weighted by Crippen LogP contribution is -2.08. The van der Waals surface area contributed by atoms with Gasteiger partial charge in [0.25, 0.3) is 0 Å². The van der Waals surface area contributed by atoms with E-state index in [1.54, 1.807) is 0 Å². The van der Waals surface area contributed by atoms with Crippen molar-refractivity contribution in [2.24, 2.45) is 0 Å². The first-order chi connectivity index (χ1) is 11.6. The quantitative estimate of drug-likeness (QED) is 0.600. The Bertz CT molecular complexity index is 988. The predicted octanol–water partition coefficient (Wildman–Crippen LogP) is 4.93. The number of fused-ring (bicyclic) bond motifs is 3. The zero-order valence-electron chi connectivity index (χ0n) is 13.4. The lowest BCUT2D eigenvalue weighted by molar-refractivity contribution is 0.303. The Hall–Kier alpha value is -2.07. The topological polar surface area (TPSA) is 39.4 Å². The molecule has 4 rings (SSSR count). The molecule has 0 saturated carbocycles. The van der Waals surface area contributed by atoms with Crippen molar-refractivity contribution in [3.05, 3.63) is 73.5 Å². The molecule has 0 spiro atoms. The number of aryl methyl sites for hydroxylation is 2. The van der Waals surface area contributed by atoms with Gasteiger partial charge in [-0.15, -0.1) is 0 Å². The fourth-order valence-electron chi connectivity index (χ4n) is 3.39. The van der Waals surface area contributed by atoms with E-state index >= 15 is 0 Å². The molecule has 4 heteroatoms. The Balaban J connectivity index is 1.73. The zero-order valence-corrected chi connectivity index (χ0v) is 15.0. The van der Waals surface area contributed by atoms with Crippen molar-refractivity contribution in [3.8, 4) is 5.75 Å². The van der Waals surface area contributed by atoms with Crippen molar-refractivity contribution in [2.45, 2.75) is 32.8 Å². The number of ether oxygens (including phenoxy) is 1. The molecule has 0 N–H and O–H groups in total. The van der Waals surface area contributed by atoms with Crippen molar-refractivity contribution in [2.75, 3.05) is 0 Å². The first-order valence-electron chi connectivity index (χ1n) is 8.09. The second kappa shape index (κ2) is 6.10. The van der Waals surface area contributed by atoms with E-state index in [9.17, 15) is 4.79 Å². The molecule has 0 fully saturated rings. The lowest BCUT2D eigenvalue weighted by atomic mass is 10.0. The van der Waals surface area contributed by atoms with Crippen LogP contribution in [0, 0.1) is 6.92 Å². The highest BCUT2D eigenvalue weighted by molar-refractivity contribution is 9.10. The largest absolute Gasteiger partial charge is 0.488 e. The van der Waals surface area contributed by atoms with Crippen LogP contribution >= 0.6 is 15.9 Å². The van der Waals surface area contributed by atoms with Crippen LogP contribution in [0.5, 0.6) is 5.75 Å². The minimum Gasteiger partial charge on any atom is -0.488 e. The average Bonchev–Trinajstić information content (AvgIpc) is 3.07. The molecule has 1 aliphatic rings. The minimum absolute atomic E-state index is 0.193. The average molecular weight is 385 g/mol. The highest BCUT2D eigenvalue weighted by Gasteiger charge is 2.21. The van der Waals surface area contributed by atoms with Crippen LogP contribution in [0.4, 0.5) is 0 Å². The van der Waals surface area contributed by atoms with Crippen molar-refractivity contribution >= 4 is 26.9 Å². The SMILES string of the molecule is Cc1c(OCc2ccccc2Br)ccc2c3c(c(=O)oc12)CCC3. The van der Waals surface area contributed by atoms with Gasteiger partial charge in [0.2, 0.25) is 0 Å². The molecular formula is C20H17BrO3. The minimum atomic E-state index is -0.193. The van der Waals surface area contributed by atoms with Crippen molar-refractivity contribution in [1.82, 2.24) is 0 Å². The van der Waals surface area contributed by atoms with E-state index in [0.717, 1.165) is 57.1 Å². The van der Waals surface area contributed by atoms with Gasteiger partial charge in [0.05, 0.1) is 0 Å². The Kier molecular flexibility index (Phi) is 3.93. The van der Waals surface area contributed by atoms with Gasteiger partial charge in [0.1, 0.15) is 17.9 Å². The van der Waals surface area contributed by atoms with Crippen LogP contribution in [0.1, 0.15) is 28.7 Å². The third kappa shape index (κ3) is 2.55. The maximum Gasteiger partial charge on any atom is 0.339 e. The molecule has 122 valence electrons. The van der Waals surface area contributed by atoms with E-state index in [4.69, 9.17) is 9.15 Å². The second-order valence-electron chi connectivity index (χ2n) is 6.15. The summed E-state index contributed by atoms with van der Waals surface area (Å²) in [7, 11) is 0. The molecule has 1 heterocycles. The number of halogens is 1. The van der Waals surface area contributed by atoms with Gasteiger partial charge in [-0.2, -0.15) is 0 Å². The fraction of sp³-hybridized carbons (Fsp3) is 0.250. The third-order valence-corrected chi connectivity index (χ3v) is 5.45. The molecule has 24 heavy (non-hydrogen) atoms. The van der Waals surface area contributed by atoms with Gasteiger partial charge in [-0.05, 0) is 49.9 Å². The summed E-state index contributed by atoms with van der Waals surface area (Å²) in [6.45, 7) is 2.41. The van der Waals surface area contributed by atoms with E-state index in [-0.39, 0.29) is 5.63 Å². The van der Waals surface area contributed by atoms with Gasteiger partial charge in [0, 0.05) is 26.5 Å². The van der Waals surface area contributed by atoms with Crippen LogP contribution in [0.25, 0.3) is 11.0 Å². The van der Waals surface area contributed by atoms with Gasteiger partial charge < -0.3 is 9.15 Å². The molecule has 0 atom stereocenters. The van der Waals surface area contributed by atoms with Crippen LogP contribution in [0.15, 0.2) is 50.1 Å². The maximum absolute atomic E-state index is 12.2.